The molecule has 0 saturated heterocycles. The number of carbonyl (C=O) groups is 1. The van der Waals surface area contributed by atoms with Gasteiger partial charge in [0.15, 0.2) is 0 Å². The Labute approximate surface area is 94.3 Å². The summed E-state index contributed by atoms with van der Waals surface area (Å²) in [5.41, 5.74) is 0.303. The summed E-state index contributed by atoms with van der Waals surface area (Å²) in [7, 11) is 1.67. The first-order valence-electron chi connectivity index (χ1n) is 4.69. The number of rotatable bonds is 3. The van der Waals surface area contributed by atoms with Gasteiger partial charge in [0.1, 0.15) is 5.75 Å². The van der Waals surface area contributed by atoms with Crippen LogP contribution in [0.3, 0.4) is 0 Å². The van der Waals surface area contributed by atoms with E-state index in [1.54, 1.807) is 25.2 Å². The maximum Gasteiger partial charge on any atom is 0.257 e. The van der Waals surface area contributed by atoms with Crippen LogP contribution in [0.15, 0.2) is 24.3 Å². The van der Waals surface area contributed by atoms with Gasteiger partial charge in [-0.3, -0.25) is 4.79 Å². The molecule has 0 heterocycles. The van der Waals surface area contributed by atoms with Crippen LogP contribution in [0.2, 0.25) is 0 Å². The third-order valence-electron chi connectivity index (χ3n) is 2.34. The van der Waals surface area contributed by atoms with Crippen LogP contribution in [0.1, 0.15) is 17.3 Å². The van der Waals surface area contributed by atoms with Crippen molar-refractivity contribution in [1.29, 1.82) is 0 Å². The summed E-state index contributed by atoms with van der Waals surface area (Å²) in [6.45, 7) is 1.85. The molecular weight excluding hydrogens is 214 g/mol. The van der Waals surface area contributed by atoms with Crippen LogP contribution in [-0.2, 0) is 0 Å². The molecule has 1 unspecified atom stereocenters. The Morgan fingerprint density at radius 2 is 2.13 bits per heavy atom. The number of carbonyl (C=O) groups excluding carboxylic acids is 1. The molecule has 0 fully saturated rings. The Bertz CT molecular complexity index is 354. The Morgan fingerprint density at radius 3 is 2.67 bits per heavy atom. The molecule has 1 aromatic rings. The smallest absolute Gasteiger partial charge is 0.257 e. The number of hydrogen-bond acceptors (Lipinski definition) is 2. The zero-order chi connectivity index (χ0) is 11.4. The fraction of sp³-hybridized carbons (Fsp3) is 0.364. The minimum absolute atomic E-state index is 0.00359. The lowest BCUT2D eigenvalue weighted by Crippen LogP contribution is -2.36. The van der Waals surface area contributed by atoms with Crippen molar-refractivity contribution in [2.24, 2.45) is 0 Å². The maximum atomic E-state index is 11.9. The van der Waals surface area contributed by atoms with Gasteiger partial charge in [-0.05, 0) is 19.1 Å². The minimum atomic E-state index is -0.221. The fourth-order valence-electron chi connectivity index (χ4n) is 1.15. The highest BCUT2D eigenvalue weighted by molar-refractivity contribution is 6.18. The van der Waals surface area contributed by atoms with Crippen molar-refractivity contribution in [3.05, 3.63) is 29.8 Å². The first kappa shape index (κ1) is 11.9. The number of phenols is 1. The Balaban J connectivity index is 2.90. The zero-order valence-corrected chi connectivity index (χ0v) is 9.53. The molecule has 0 aromatic heterocycles. The molecule has 0 aliphatic heterocycles. The monoisotopic (exact) mass is 227 g/mol. The third-order valence-corrected chi connectivity index (χ3v) is 2.79. The average molecular weight is 228 g/mol. The second-order valence-corrected chi connectivity index (χ2v) is 3.75. The van der Waals surface area contributed by atoms with Crippen LogP contribution in [0.25, 0.3) is 0 Å². The van der Waals surface area contributed by atoms with E-state index in [1.165, 1.54) is 11.0 Å². The van der Waals surface area contributed by atoms with Crippen molar-refractivity contribution < 1.29 is 9.90 Å². The Kier molecular flexibility index (Phi) is 3.97. The van der Waals surface area contributed by atoms with E-state index in [4.69, 9.17) is 11.6 Å². The number of amides is 1. The number of nitrogens with zero attached hydrogens (tertiary/aromatic N) is 1. The quantitative estimate of drug-likeness (QED) is 0.804. The lowest BCUT2D eigenvalue weighted by Gasteiger charge is -2.23. The van der Waals surface area contributed by atoms with E-state index in [2.05, 4.69) is 0 Å². The van der Waals surface area contributed by atoms with E-state index in [0.29, 0.717) is 11.4 Å². The topological polar surface area (TPSA) is 40.5 Å². The van der Waals surface area contributed by atoms with E-state index in [-0.39, 0.29) is 17.7 Å². The molecule has 1 amide bonds. The van der Waals surface area contributed by atoms with Crippen molar-refractivity contribution in [1.82, 2.24) is 4.90 Å². The first-order chi connectivity index (χ1) is 7.07. The Morgan fingerprint density at radius 1 is 1.53 bits per heavy atom. The van der Waals surface area contributed by atoms with Crippen LogP contribution in [-0.4, -0.2) is 34.9 Å². The molecule has 1 N–H and O–H groups in total. The number of para-hydroxylation sites is 1. The van der Waals surface area contributed by atoms with E-state index in [1.807, 2.05) is 6.92 Å². The number of hydrogen-bond donors (Lipinski definition) is 1. The number of phenolic OH excluding ortho intramolecular Hbond substituents is 1. The van der Waals surface area contributed by atoms with Gasteiger partial charge >= 0.3 is 0 Å². The maximum absolute atomic E-state index is 11.9. The van der Waals surface area contributed by atoms with E-state index in [9.17, 15) is 9.90 Å². The van der Waals surface area contributed by atoms with Crippen LogP contribution in [0.5, 0.6) is 5.75 Å². The average Bonchev–Trinajstić information content (AvgIpc) is 2.26. The molecule has 0 saturated carbocycles. The van der Waals surface area contributed by atoms with Gasteiger partial charge in [0.25, 0.3) is 5.91 Å². The molecule has 1 aromatic carbocycles. The molecule has 3 nitrogen and oxygen atoms in total. The highest BCUT2D eigenvalue weighted by Gasteiger charge is 2.18. The SMILES string of the molecule is CC(CCl)N(C)C(=O)c1ccccc1O. The van der Waals surface area contributed by atoms with Gasteiger partial charge in [0.05, 0.1) is 5.56 Å². The third kappa shape index (κ3) is 2.63. The second-order valence-electron chi connectivity index (χ2n) is 3.44. The summed E-state index contributed by atoms with van der Waals surface area (Å²) in [6.07, 6.45) is 0. The van der Waals surface area contributed by atoms with Crippen molar-refractivity contribution in [3.63, 3.8) is 0 Å². The van der Waals surface area contributed by atoms with Crippen LogP contribution in [0, 0.1) is 0 Å². The summed E-state index contributed by atoms with van der Waals surface area (Å²) in [6, 6.07) is 6.42. The van der Waals surface area contributed by atoms with Crippen molar-refractivity contribution >= 4 is 17.5 Å². The van der Waals surface area contributed by atoms with Crippen LogP contribution < -0.4 is 0 Å². The van der Waals surface area contributed by atoms with E-state index >= 15 is 0 Å². The van der Waals surface area contributed by atoms with Crippen LogP contribution >= 0.6 is 11.6 Å². The normalized spacial score (nSPS) is 12.2. The molecule has 15 heavy (non-hydrogen) atoms. The molecule has 0 aliphatic carbocycles. The lowest BCUT2D eigenvalue weighted by molar-refractivity contribution is 0.0753. The predicted octanol–water partition coefficient (Wildman–Crippen LogP) is 2.09. The largest absolute Gasteiger partial charge is 0.507 e. The number of aromatic hydroxyl groups is 1. The van der Waals surface area contributed by atoms with E-state index < -0.39 is 0 Å². The standard InChI is InChI=1S/C11H14ClNO2/c1-8(7-12)13(2)11(15)9-5-3-4-6-10(9)14/h3-6,8,14H,7H2,1-2H3. The molecule has 1 rings (SSSR count). The van der Waals surface area contributed by atoms with Crippen molar-refractivity contribution in [2.45, 2.75) is 13.0 Å². The van der Waals surface area contributed by atoms with Crippen molar-refractivity contribution in [3.8, 4) is 5.75 Å². The van der Waals surface area contributed by atoms with Gasteiger partial charge in [0, 0.05) is 19.0 Å². The molecule has 1 atom stereocenters. The summed E-state index contributed by atoms with van der Waals surface area (Å²) in [5.74, 6) is 0.146. The summed E-state index contributed by atoms with van der Waals surface area (Å²) < 4.78 is 0. The molecule has 0 aliphatic rings. The van der Waals surface area contributed by atoms with E-state index in [0.717, 1.165) is 0 Å². The minimum Gasteiger partial charge on any atom is -0.507 e. The van der Waals surface area contributed by atoms with Gasteiger partial charge in [-0.1, -0.05) is 12.1 Å². The summed E-state index contributed by atoms with van der Waals surface area (Å²) >= 11 is 5.66. The lowest BCUT2D eigenvalue weighted by atomic mass is 10.1. The van der Waals surface area contributed by atoms with Gasteiger partial charge in [0.2, 0.25) is 0 Å². The van der Waals surface area contributed by atoms with Gasteiger partial charge < -0.3 is 10.0 Å². The van der Waals surface area contributed by atoms with Gasteiger partial charge in [-0.2, -0.15) is 0 Å². The highest BCUT2D eigenvalue weighted by atomic mass is 35.5. The second kappa shape index (κ2) is 5.03. The molecular formula is C11H14ClNO2. The molecule has 4 heteroatoms. The first-order valence-corrected chi connectivity index (χ1v) is 5.22. The van der Waals surface area contributed by atoms with Crippen LogP contribution in [0.4, 0.5) is 0 Å². The molecule has 0 bridgehead atoms. The fourth-order valence-corrected chi connectivity index (χ4v) is 1.36. The number of benzene rings is 1. The highest BCUT2D eigenvalue weighted by Crippen LogP contribution is 2.18. The van der Waals surface area contributed by atoms with Crippen molar-refractivity contribution in [2.75, 3.05) is 12.9 Å². The van der Waals surface area contributed by atoms with Gasteiger partial charge in [-0.25, -0.2) is 0 Å². The predicted molar refractivity (Wildman–Crippen MR) is 60.4 cm³/mol. The summed E-state index contributed by atoms with van der Waals surface area (Å²) in [5, 5.41) is 9.50. The van der Waals surface area contributed by atoms with Gasteiger partial charge in [-0.15, -0.1) is 11.6 Å². The number of halogens is 1. The Hall–Kier alpha value is -1.22. The summed E-state index contributed by atoms with van der Waals surface area (Å²) in [4.78, 5) is 13.4. The number of alkyl halides is 1. The zero-order valence-electron chi connectivity index (χ0n) is 8.77. The molecule has 82 valence electrons. The molecule has 0 radical (unpaired) electrons. The molecule has 0 spiro atoms.